The number of hydrogen-bond donors (Lipinski definition) is 1. The van der Waals surface area contributed by atoms with Crippen LogP contribution in [-0.2, 0) is 17.8 Å². The molecule has 0 saturated heterocycles. The van der Waals surface area contributed by atoms with Gasteiger partial charge in [0.1, 0.15) is 10.5 Å². The lowest BCUT2D eigenvalue weighted by Gasteiger charge is -2.06. The van der Waals surface area contributed by atoms with Crippen molar-refractivity contribution < 1.29 is 4.74 Å². The number of aromatic amines is 1. The van der Waals surface area contributed by atoms with Crippen molar-refractivity contribution in [1.82, 2.24) is 9.97 Å². The van der Waals surface area contributed by atoms with Gasteiger partial charge in [0.2, 0.25) is 0 Å². The maximum absolute atomic E-state index is 5.15. The van der Waals surface area contributed by atoms with Crippen LogP contribution < -0.4 is 0 Å². The van der Waals surface area contributed by atoms with Crippen molar-refractivity contribution in [1.29, 1.82) is 0 Å². The normalized spacial score (nSPS) is 10.6. The van der Waals surface area contributed by atoms with Gasteiger partial charge >= 0.3 is 0 Å². The van der Waals surface area contributed by atoms with E-state index in [9.17, 15) is 0 Å². The van der Waals surface area contributed by atoms with E-state index in [0.717, 1.165) is 16.0 Å². The molecule has 0 unspecified atom stereocenters. The van der Waals surface area contributed by atoms with Crippen molar-refractivity contribution in [3.05, 3.63) is 56.5 Å². The van der Waals surface area contributed by atoms with Crippen molar-refractivity contribution in [3.63, 3.8) is 0 Å². The number of ether oxygens (including phenoxy) is 1. The molecule has 0 aliphatic heterocycles. The monoisotopic (exact) mass is 324 g/mol. The van der Waals surface area contributed by atoms with E-state index < -0.39 is 0 Å². The van der Waals surface area contributed by atoms with E-state index in [-0.39, 0.29) is 0 Å². The summed E-state index contributed by atoms with van der Waals surface area (Å²) in [5, 5.41) is 0. The summed E-state index contributed by atoms with van der Waals surface area (Å²) in [7, 11) is 1.66. The minimum atomic E-state index is 0.509. The van der Waals surface area contributed by atoms with Gasteiger partial charge in [0.05, 0.1) is 6.61 Å². The lowest BCUT2D eigenvalue weighted by atomic mass is 10.1. The maximum atomic E-state index is 5.15. The molecule has 5 heteroatoms. The number of hydrogen-bond acceptors (Lipinski definition) is 3. The SMILES string of the molecule is COCc1cc(=S)nc(Cc2ccccc2Br)[nH]1. The van der Waals surface area contributed by atoms with Crippen LogP contribution >= 0.6 is 28.1 Å². The summed E-state index contributed by atoms with van der Waals surface area (Å²) in [5.41, 5.74) is 2.12. The number of nitrogens with one attached hydrogen (secondary N) is 1. The zero-order valence-electron chi connectivity index (χ0n) is 9.94. The molecule has 0 aliphatic carbocycles. The van der Waals surface area contributed by atoms with Gasteiger partial charge in [-0.25, -0.2) is 4.98 Å². The third kappa shape index (κ3) is 3.48. The second-order valence-corrected chi connectivity index (χ2v) is 5.17. The minimum Gasteiger partial charge on any atom is -0.378 e. The molecule has 0 atom stereocenters. The van der Waals surface area contributed by atoms with Gasteiger partial charge in [-0.2, -0.15) is 0 Å². The summed E-state index contributed by atoms with van der Waals surface area (Å²) in [5.74, 6) is 0.849. The molecular weight excluding hydrogens is 312 g/mol. The molecule has 0 saturated carbocycles. The fourth-order valence-corrected chi connectivity index (χ4v) is 2.38. The molecule has 2 rings (SSSR count). The topological polar surface area (TPSA) is 37.9 Å². The Hall–Kier alpha value is -1.04. The first kappa shape index (κ1) is 13.4. The Morgan fingerprint density at radius 2 is 2.17 bits per heavy atom. The number of methoxy groups -OCH3 is 1. The summed E-state index contributed by atoms with van der Waals surface area (Å²) >= 11 is 8.68. The Balaban J connectivity index is 2.29. The molecule has 0 radical (unpaired) electrons. The quantitative estimate of drug-likeness (QED) is 0.872. The molecule has 0 bridgehead atoms. The highest BCUT2D eigenvalue weighted by atomic mass is 79.9. The fourth-order valence-electron chi connectivity index (χ4n) is 1.70. The molecule has 1 aromatic heterocycles. The highest BCUT2D eigenvalue weighted by Gasteiger charge is 2.04. The zero-order chi connectivity index (χ0) is 13.0. The molecule has 94 valence electrons. The highest BCUT2D eigenvalue weighted by molar-refractivity contribution is 9.10. The summed E-state index contributed by atoms with van der Waals surface area (Å²) in [6, 6.07) is 9.90. The molecule has 0 amide bonds. The lowest BCUT2D eigenvalue weighted by molar-refractivity contribution is 0.181. The van der Waals surface area contributed by atoms with E-state index in [0.29, 0.717) is 17.7 Å². The minimum absolute atomic E-state index is 0.509. The molecule has 2 aromatic rings. The van der Waals surface area contributed by atoms with Crippen molar-refractivity contribution in [2.45, 2.75) is 13.0 Å². The lowest BCUT2D eigenvalue weighted by Crippen LogP contribution is -2.02. The van der Waals surface area contributed by atoms with Crippen molar-refractivity contribution in [2.24, 2.45) is 0 Å². The first-order valence-corrected chi connectivity index (χ1v) is 6.70. The van der Waals surface area contributed by atoms with Crippen LogP contribution in [0.15, 0.2) is 34.8 Å². The van der Waals surface area contributed by atoms with Crippen molar-refractivity contribution >= 4 is 28.1 Å². The molecule has 0 fully saturated rings. The number of H-pyrrole nitrogens is 1. The van der Waals surface area contributed by atoms with Gasteiger partial charge < -0.3 is 9.72 Å². The largest absolute Gasteiger partial charge is 0.378 e. The molecule has 0 aliphatic rings. The van der Waals surface area contributed by atoms with Gasteiger partial charge in [-0.05, 0) is 17.7 Å². The third-order valence-electron chi connectivity index (χ3n) is 2.46. The van der Waals surface area contributed by atoms with Crippen LogP contribution in [0.4, 0.5) is 0 Å². The summed E-state index contributed by atoms with van der Waals surface area (Å²) in [4.78, 5) is 7.57. The molecule has 1 heterocycles. The predicted octanol–water partition coefficient (Wildman–Crippen LogP) is 3.64. The van der Waals surface area contributed by atoms with Gasteiger partial charge in [-0.3, -0.25) is 0 Å². The van der Waals surface area contributed by atoms with Crippen LogP contribution in [0.1, 0.15) is 17.1 Å². The average molecular weight is 325 g/mol. The first-order valence-electron chi connectivity index (χ1n) is 5.50. The summed E-state index contributed by atoms with van der Waals surface area (Å²) in [6.45, 7) is 0.509. The summed E-state index contributed by atoms with van der Waals surface area (Å²) in [6.07, 6.45) is 0.711. The van der Waals surface area contributed by atoms with Crippen LogP contribution in [0.25, 0.3) is 0 Å². The van der Waals surface area contributed by atoms with E-state index in [1.54, 1.807) is 7.11 Å². The highest BCUT2D eigenvalue weighted by Crippen LogP contribution is 2.18. The van der Waals surface area contributed by atoms with E-state index in [1.807, 2.05) is 24.3 Å². The van der Waals surface area contributed by atoms with Gasteiger partial charge in [0, 0.05) is 23.7 Å². The van der Waals surface area contributed by atoms with Gasteiger partial charge in [-0.15, -0.1) is 0 Å². The standard InChI is InChI=1S/C13H13BrN2OS/c1-17-8-10-7-13(18)16-12(15-10)6-9-4-2-3-5-11(9)14/h2-5,7H,6,8H2,1H3,(H,15,16,18). The Bertz CT molecular complexity index is 598. The Labute approximate surface area is 119 Å². The number of halogens is 1. The molecular formula is C13H13BrN2OS. The van der Waals surface area contributed by atoms with Crippen molar-refractivity contribution in [2.75, 3.05) is 7.11 Å². The molecule has 18 heavy (non-hydrogen) atoms. The van der Waals surface area contributed by atoms with Gasteiger partial charge in [-0.1, -0.05) is 46.3 Å². The third-order valence-corrected chi connectivity index (χ3v) is 3.45. The van der Waals surface area contributed by atoms with Crippen LogP contribution in [0.2, 0.25) is 0 Å². The maximum Gasteiger partial charge on any atom is 0.130 e. The predicted molar refractivity (Wildman–Crippen MR) is 77.1 cm³/mol. The van der Waals surface area contributed by atoms with Crippen molar-refractivity contribution in [3.8, 4) is 0 Å². The fraction of sp³-hybridized carbons (Fsp3) is 0.231. The number of benzene rings is 1. The van der Waals surface area contributed by atoms with E-state index >= 15 is 0 Å². The smallest absolute Gasteiger partial charge is 0.130 e. The van der Waals surface area contributed by atoms with Crippen LogP contribution in [0.5, 0.6) is 0 Å². The Kier molecular flexibility index (Phi) is 4.63. The molecule has 1 aromatic carbocycles. The van der Waals surface area contributed by atoms with E-state index in [4.69, 9.17) is 17.0 Å². The second-order valence-electron chi connectivity index (χ2n) is 3.89. The molecule has 3 nitrogen and oxygen atoms in total. The zero-order valence-corrected chi connectivity index (χ0v) is 12.3. The second kappa shape index (κ2) is 6.22. The molecule has 1 N–H and O–H groups in total. The number of aromatic nitrogens is 2. The molecule has 0 spiro atoms. The summed E-state index contributed by atoms with van der Waals surface area (Å²) < 4.78 is 6.76. The average Bonchev–Trinajstić information content (AvgIpc) is 2.32. The van der Waals surface area contributed by atoms with E-state index in [2.05, 4.69) is 32.0 Å². The number of rotatable bonds is 4. The number of nitrogens with zero attached hydrogens (tertiary/aromatic N) is 1. The first-order chi connectivity index (χ1) is 8.69. The Morgan fingerprint density at radius 1 is 1.39 bits per heavy atom. The van der Waals surface area contributed by atoms with Crippen LogP contribution in [-0.4, -0.2) is 17.1 Å². The van der Waals surface area contributed by atoms with Crippen LogP contribution in [0, 0.1) is 4.64 Å². The van der Waals surface area contributed by atoms with Crippen LogP contribution in [0.3, 0.4) is 0 Å². The van der Waals surface area contributed by atoms with E-state index in [1.165, 1.54) is 5.56 Å². The Morgan fingerprint density at radius 3 is 2.89 bits per heavy atom. The van der Waals surface area contributed by atoms with Gasteiger partial charge in [0.25, 0.3) is 0 Å². The van der Waals surface area contributed by atoms with Gasteiger partial charge in [0.15, 0.2) is 0 Å².